The number of ketones is 2. The largest absolute Gasteiger partial charge is 0.504 e. The third kappa shape index (κ3) is 6.70. The number of phenolic OH excluding ortho intramolecular Hbond substituents is 1. The summed E-state index contributed by atoms with van der Waals surface area (Å²) in [5.41, 5.74) is 1.22. The van der Waals surface area contributed by atoms with Crippen molar-refractivity contribution in [2.75, 3.05) is 20.8 Å². The molecule has 10 heteroatoms. The molecule has 10 nitrogen and oxygen atoms in total. The van der Waals surface area contributed by atoms with Crippen LogP contribution < -0.4 is 14.2 Å². The Morgan fingerprint density at radius 1 is 0.889 bits per heavy atom. The minimum atomic E-state index is -1.35. The maximum atomic E-state index is 12.2. The van der Waals surface area contributed by atoms with Crippen LogP contribution in [0.1, 0.15) is 17.5 Å². The second-order valence-corrected chi connectivity index (χ2v) is 7.94. The van der Waals surface area contributed by atoms with Crippen LogP contribution in [0.2, 0.25) is 0 Å². The van der Waals surface area contributed by atoms with E-state index in [1.54, 1.807) is 24.3 Å². The minimum absolute atomic E-state index is 0.0175. The molecular formula is C26H28O10. The van der Waals surface area contributed by atoms with Gasteiger partial charge < -0.3 is 39.4 Å². The summed E-state index contributed by atoms with van der Waals surface area (Å²) in [6, 6.07) is 9.37. The van der Waals surface area contributed by atoms with Crippen LogP contribution in [-0.2, 0) is 14.3 Å². The van der Waals surface area contributed by atoms with Crippen LogP contribution in [0.5, 0.6) is 23.0 Å². The zero-order valence-electron chi connectivity index (χ0n) is 19.7. The fraction of sp³-hybridized carbons (Fsp3) is 0.308. The molecule has 0 radical (unpaired) electrons. The number of rotatable bonds is 11. The highest BCUT2D eigenvalue weighted by atomic mass is 16.7. The lowest BCUT2D eigenvalue weighted by Gasteiger charge is -2.18. The minimum Gasteiger partial charge on any atom is -0.504 e. The molecule has 0 saturated carbocycles. The Labute approximate surface area is 207 Å². The first kappa shape index (κ1) is 26.9. The molecule has 2 aromatic carbocycles. The Morgan fingerprint density at radius 3 is 2.03 bits per heavy atom. The van der Waals surface area contributed by atoms with Gasteiger partial charge in [0.25, 0.3) is 0 Å². The standard InChI is InChI=1S/C26H28O10/c1-33-21-11-15(5-9-19(21)30)3-7-17(28)13-18(29)8-4-16-6-10-20(22(12-16)34-2)35-26-25(32)24(31)23(14-27)36-26/h3-12,23-27,30-32H,13-14H2,1-2H3/b7-3+,8-4+. The topological polar surface area (TPSA) is 152 Å². The molecule has 3 rings (SSSR count). The van der Waals surface area contributed by atoms with E-state index in [9.17, 15) is 30.0 Å². The number of aliphatic hydroxyl groups is 3. The molecule has 36 heavy (non-hydrogen) atoms. The maximum absolute atomic E-state index is 12.2. The van der Waals surface area contributed by atoms with Gasteiger partial charge in [-0.05, 0) is 47.5 Å². The number of ether oxygens (including phenoxy) is 4. The quantitative estimate of drug-likeness (QED) is 0.264. The second kappa shape index (κ2) is 12.3. The monoisotopic (exact) mass is 500 g/mol. The molecule has 4 unspecified atom stereocenters. The van der Waals surface area contributed by atoms with Crippen LogP contribution in [0, 0.1) is 0 Å². The Morgan fingerprint density at radius 2 is 1.47 bits per heavy atom. The fourth-order valence-electron chi connectivity index (χ4n) is 3.44. The molecule has 1 aliphatic rings. The van der Waals surface area contributed by atoms with E-state index >= 15 is 0 Å². The van der Waals surface area contributed by atoms with E-state index < -0.39 is 42.8 Å². The number of hydrogen-bond acceptors (Lipinski definition) is 10. The molecule has 4 atom stereocenters. The lowest BCUT2D eigenvalue weighted by molar-refractivity contribution is -0.121. The van der Waals surface area contributed by atoms with Crippen molar-refractivity contribution in [1.82, 2.24) is 0 Å². The van der Waals surface area contributed by atoms with Crippen molar-refractivity contribution < 1.29 is 49.0 Å². The Bertz CT molecular complexity index is 1140. The first-order valence-electron chi connectivity index (χ1n) is 11.0. The summed E-state index contributed by atoms with van der Waals surface area (Å²) in [6.07, 6.45) is 0.460. The molecule has 4 N–H and O–H groups in total. The first-order valence-corrected chi connectivity index (χ1v) is 11.0. The Hall–Kier alpha value is -3.70. The fourth-order valence-corrected chi connectivity index (χ4v) is 3.44. The highest BCUT2D eigenvalue weighted by Gasteiger charge is 2.44. The number of aromatic hydroxyl groups is 1. The van der Waals surface area contributed by atoms with Crippen molar-refractivity contribution >= 4 is 23.7 Å². The summed E-state index contributed by atoms with van der Waals surface area (Å²) in [4.78, 5) is 24.4. The lowest BCUT2D eigenvalue weighted by atomic mass is 10.1. The van der Waals surface area contributed by atoms with E-state index in [0.717, 1.165) is 0 Å². The molecule has 0 aromatic heterocycles. The number of allylic oxidation sites excluding steroid dienone is 2. The van der Waals surface area contributed by atoms with Gasteiger partial charge >= 0.3 is 0 Å². The van der Waals surface area contributed by atoms with Gasteiger partial charge in [0.1, 0.15) is 18.3 Å². The van der Waals surface area contributed by atoms with Gasteiger partial charge in [0.2, 0.25) is 6.29 Å². The summed E-state index contributed by atoms with van der Waals surface area (Å²) in [5, 5.41) is 38.7. The Kier molecular flexibility index (Phi) is 9.20. The van der Waals surface area contributed by atoms with E-state index in [-0.39, 0.29) is 29.4 Å². The SMILES string of the molecule is COc1cc(/C=C/C(=O)CC(=O)/C=C/c2ccc(OC3OC(CO)C(O)C3O)c(OC)c2)ccc1O. The normalized spacial score (nSPS) is 21.7. The average Bonchev–Trinajstić information content (AvgIpc) is 3.15. The molecule has 0 aliphatic carbocycles. The first-order chi connectivity index (χ1) is 17.2. The highest BCUT2D eigenvalue weighted by Crippen LogP contribution is 2.32. The number of aliphatic hydroxyl groups excluding tert-OH is 3. The van der Waals surface area contributed by atoms with E-state index in [4.69, 9.17) is 18.9 Å². The van der Waals surface area contributed by atoms with Crippen molar-refractivity contribution in [2.24, 2.45) is 0 Å². The van der Waals surface area contributed by atoms with Crippen LogP contribution >= 0.6 is 0 Å². The molecule has 0 spiro atoms. The second-order valence-electron chi connectivity index (χ2n) is 7.94. The molecule has 0 bridgehead atoms. The molecular weight excluding hydrogens is 472 g/mol. The van der Waals surface area contributed by atoms with Crippen LogP contribution in [0.4, 0.5) is 0 Å². The van der Waals surface area contributed by atoms with Gasteiger partial charge in [-0.3, -0.25) is 9.59 Å². The molecule has 1 saturated heterocycles. The number of benzene rings is 2. The van der Waals surface area contributed by atoms with E-state index in [2.05, 4.69) is 0 Å². The van der Waals surface area contributed by atoms with Crippen LogP contribution in [0.25, 0.3) is 12.2 Å². The summed E-state index contributed by atoms with van der Waals surface area (Å²) in [6.45, 7) is -0.475. The number of carbonyl (C=O) groups excluding carboxylic acids is 2. The van der Waals surface area contributed by atoms with Gasteiger partial charge in [-0.1, -0.05) is 24.3 Å². The summed E-state index contributed by atoms with van der Waals surface area (Å²) < 4.78 is 21.2. The van der Waals surface area contributed by atoms with E-state index in [1.807, 2.05) is 0 Å². The van der Waals surface area contributed by atoms with Crippen molar-refractivity contribution in [2.45, 2.75) is 31.0 Å². The number of carbonyl (C=O) groups is 2. The van der Waals surface area contributed by atoms with Crippen LogP contribution in [0.3, 0.4) is 0 Å². The predicted octanol–water partition coefficient (Wildman–Crippen LogP) is 1.48. The Balaban J connectivity index is 1.59. The average molecular weight is 501 g/mol. The van der Waals surface area contributed by atoms with Crippen LogP contribution in [0.15, 0.2) is 48.6 Å². The molecule has 1 fully saturated rings. The van der Waals surface area contributed by atoms with E-state index in [0.29, 0.717) is 11.1 Å². The zero-order valence-corrected chi connectivity index (χ0v) is 19.7. The number of phenols is 1. The third-order valence-corrected chi connectivity index (χ3v) is 5.40. The number of hydrogen-bond donors (Lipinski definition) is 4. The van der Waals surface area contributed by atoms with Gasteiger partial charge in [-0.15, -0.1) is 0 Å². The summed E-state index contributed by atoms with van der Waals surface area (Å²) in [7, 11) is 2.83. The summed E-state index contributed by atoms with van der Waals surface area (Å²) in [5.74, 6) is -0.0339. The van der Waals surface area contributed by atoms with Gasteiger partial charge in [-0.2, -0.15) is 0 Å². The molecule has 2 aromatic rings. The molecule has 1 aliphatic heterocycles. The van der Waals surface area contributed by atoms with Crippen molar-refractivity contribution in [3.8, 4) is 23.0 Å². The highest BCUT2D eigenvalue weighted by molar-refractivity contribution is 6.10. The van der Waals surface area contributed by atoms with Crippen molar-refractivity contribution in [3.63, 3.8) is 0 Å². The van der Waals surface area contributed by atoms with Gasteiger partial charge in [0, 0.05) is 0 Å². The van der Waals surface area contributed by atoms with Gasteiger partial charge in [0.05, 0.1) is 27.2 Å². The van der Waals surface area contributed by atoms with E-state index in [1.165, 1.54) is 50.7 Å². The molecule has 0 amide bonds. The number of methoxy groups -OCH3 is 2. The zero-order chi connectivity index (χ0) is 26.2. The van der Waals surface area contributed by atoms with Crippen molar-refractivity contribution in [1.29, 1.82) is 0 Å². The third-order valence-electron chi connectivity index (χ3n) is 5.40. The lowest BCUT2D eigenvalue weighted by Crippen LogP contribution is -2.35. The smallest absolute Gasteiger partial charge is 0.229 e. The van der Waals surface area contributed by atoms with Gasteiger partial charge in [0.15, 0.2) is 34.6 Å². The maximum Gasteiger partial charge on any atom is 0.229 e. The predicted molar refractivity (Wildman–Crippen MR) is 129 cm³/mol. The van der Waals surface area contributed by atoms with Crippen LogP contribution in [-0.4, -0.2) is 77.4 Å². The molecule has 192 valence electrons. The molecule has 1 heterocycles. The van der Waals surface area contributed by atoms with Crippen molar-refractivity contribution in [3.05, 3.63) is 59.7 Å². The van der Waals surface area contributed by atoms with Gasteiger partial charge in [-0.25, -0.2) is 0 Å². The summed E-state index contributed by atoms with van der Waals surface area (Å²) >= 11 is 0.